The van der Waals surface area contributed by atoms with Crippen molar-refractivity contribution in [2.75, 3.05) is 5.73 Å². The Hall–Kier alpha value is -2.06. The van der Waals surface area contributed by atoms with Crippen LogP contribution in [0.25, 0.3) is 11.2 Å². The second-order valence-corrected chi connectivity index (χ2v) is 5.64. The first-order valence-electron chi connectivity index (χ1n) is 6.64. The molecular weight excluding hydrogens is 277 g/mol. The van der Waals surface area contributed by atoms with E-state index in [2.05, 4.69) is 15.0 Å². The molecule has 2 aromatic heterocycles. The molecule has 2 N–H and O–H groups in total. The van der Waals surface area contributed by atoms with Crippen LogP contribution in [0.5, 0.6) is 0 Å². The molecule has 0 bridgehead atoms. The molecule has 0 aromatic carbocycles. The van der Waals surface area contributed by atoms with Crippen LogP contribution in [0.1, 0.15) is 19.9 Å². The Morgan fingerprint density at radius 3 is 2.90 bits per heavy atom. The number of nitrogens with zero attached hydrogens (tertiary/aromatic N) is 4. The SMILES string of the molecule is CC1(C)O[C@H]2[C@H](n3cnc4c(N)nc(F)nc43)C=C[C@H]2O1. The molecule has 1 saturated heterocycles. The van der Waals surface area contributed by atoms with Gasteiger partial charge in [-0.1, -0.05) is 12.2 Å². The number of rotatable bonds is 1. The van der Waals surface area contributed by atoms with Crippen molar-refractivity contribution >= 4 is 17.0 Å². The standard InChI is InChI=1S/C13H14FN5O2/c1-13(2)20-7-4-3-6(9(7)21-13)19-5-16-8-10(15)17-12(14)18-11(8)19/h3-7,9H,1-2H3,(H2,15,17,18)/t6-,7-,9+/m1/s1. The maximum Gasteiger partial charge on any atom is 0.312 e. The van der Waals surface area contributed by atoms with Gasteiger partial charge in [-0.3, -0.25) is 0 Å². The Labute approximate surface area is 119 Å². The molecular formula is C13H14FN5O2. The summed E-state index contributed by atoms with van der Waals surface area (Å²) in [6.07, 6.45) is 4.26. The fourth-order valence-corrected chi connectivity index (χ4v) is 2.94. The van der Waals surface area contributed by atoms with Gasteiger partial charge in [-0.25, -0.2) is 4.98 Å². The van der Waals surface area contributed by atoms with E-state index < -0.39 is 11.9 Å². The highest BCUT2D eigenvalue weighted by molar-refractivity contribution is 5.81. The van der Waals surface area contributed by atoms with Crippen molar-refractivity contribution in [3.05, 3.63) is 24.6 Å². The van der Waals surface area contributed by atoms with Crippen LogP contribution in [0, 0.1) is 6.08 Å². The van der Waals surface area contributed by atoms with Gasteiger partial charge in [0.1, 0.15) is 17.7 Å². The monoisotopic (exact) mass is 291 g/mol. The van der Waals surface area contributed by atoms with Gasteiger partial charge in [0, 0.05) is 0 Å². The number of fused-ring (bicyclic) bond motifs is 2. The summed E-state index contributed by atoms with van der Waals surface area (Å²) in [5.41, 5.74) is 6.41. The molecule has 0 amide bonds. The number of ether oxygens (including phenoxy) is 2. The average molecular weight is 291 g/mol. The molecule has 21 heavy (non-hydrogen) atoms. The Balaban J connectivity index is 1.80. The van der Waals surface area contributed by atoms with Gasteiger partial charge in [-0.2, -0.15) is 14.4 Å². The minimum absolute atomic E-state index is 0.0266. The predicted octanol–water partition coefficient (Wildman–Crippen LogP) is 1.18. The topological polar surface area (TPSA) is 88.1 Å². The zero-order valence-corrected chi connectivity index (χ0v) is 11.5. The number of nitrogen functional groups attached to an aromatic ring is 1. The molecule has 8 heteroatoms. The van der Waals surface area contributed by atoms with Crippen LogP contribution in [0.2, 0.25) is 0 Å². The van der Waals surface area contributed by atoms with Gasteiger partial charge >= 0.3 is 6.08 Å². The van der Waals surface area contributed by atoms with Crippen molar-refractivity contribution in [2.45, 2.75) is 37.9 Å². The van der Waals surface area contributed by atoms with E-state index in [9.17, 15) is 4.39 Å². The minimum Gasteiger partial charge on any atom is -0.382 e. The second-order valence-electron chi connectivity index (χ2n) is 5.64. The third-order valence-electron chi connectivity index (χ3n) is 3.74. The molecule has 110 valence electrons. The zero-order chi connectivity index (χ0) is 14.8. The van der Waals surface area contributed by atoms with Crippen LogP contribution < -0.4 is 5.73 Å². The second kappa shape index (κ2) is 3.99. The molecule has 4 rings (SSSR count). The summed E-state index contributed by atoms with van der Waals surface area (Å²) in [5, 5.41) is 0. The summed E-state index contributed by atoms with van der Waals surface area (Å²) < 4.78 is 26.9. The molecule has 1 aliphatic carbocycles. The number of hydrogen-bond acceptors (Lipinski definition) is 6. The Kier molecular flexibility index (Phi) is 2.40. The molecule has 0 spiro atoms. The van der Waals surface area contributed by atoms with Crippen LogP contribution in [0.15, 0.2) is 18.5 Å². The third-order valence-corrected chi connectivity index (χ3v) is 3.74. The molecule has 2 aliphatic rings. The molecule has 3 atom stereocenters. The molecule has 0 saturated carbocycles. The van der Waals surface area contributed by atoms with E-state index in [1.54, 1.807) is 10.9 Å². The molecule has 0 radical (unpaired) electrons. The summed E-state index contributed by atoms with van der Waals surface area (Å²) in [6, 6.07) is -0.171. The normalized spacial score (nSPS) is 30.1. The Bertz CT molecular complexity index is 756. The van der Waals surface area contributed by atoms with Crippen LogP contribution in [-0.2, 0) is 9.47 Å². The summed E-state index contributed by atoms with van der Waals surface area (Å²) in [6.45, 7) is 3.73. The van der Waals surface area contributed by atoms with E-state index in [0.717, 1.165) is 0 Å². The lowest BCUT2D eigenvalue weighted by Gasteiger charge is -2.21. The van der Waals surface area contributed by atoms with Gasteiger partial charge in [0.15, 0.2) is 17.3 Å². The van der Waals surface area contributed by atoms with Gasteiger partial charge in [0.05, 0.1) is 12.4 Å². The first kappa shape index (κ1) is 12.7. The summed E-state index contributed by atoms with van der Waals surface area (Å²) in [7, 11) is 0. The van der Waals surface area contributed by atoms with Crippen molar-refractivity contribution in [3.63, 3.8) is 0 Å². The molecule has 3 heterocycles. The number of halogens is 1. The van der Waals surface area contributed by atoms with Crippen molar-refractivity contribution in [3.8, 4) is 0 Å². The summed E-state index contributed by atoms with van der Waals surface area (Å²) in [4.78, 5) is 11.5. The van der Waals surface area contributed by atoms with Crippen LogP contribution in [-0.4, -0.2) is 37.5 Å². The smallest absolute Gasteiger partial charge is 0.312 e. The van der Waals surface area contributed by atoms with Gasteiger partial charge in [0.2, 0.25) is 0 Å². The Morgan fingerprint density at radius 2 is 2.10 bits per heavy atom. The largest absolute Gasteiger partial charge is 0.382 e. The molecule has 2 aromatic rings. The summed E-state index contributed by atoms with van der Waals surface area (Å²) >= 11 is 0. The highest BCUT2D eigenvalue weighted by Gasteiger charge is 2.47. The van der Waals surface area contributed by atoms with E-state index in [0.29, 0.717) is 11.2 Å². The number of nitrogens with two attached hydrogens (primary N) is 1. The molecule has 1 aliphatic heterocycles. The highest BCUT2D eigenvalue weighted by Crippen LogP contribution is 2.40. The number of imidazole rings is 1. The highest BCUT2D eigenvalue weighted by atomic mass is 19.1. The van der Waals surface area contributed by atoms with E-state index in [1.165, 1.54) is 0 Å². The fraction of sp³-hybridized carbons (Fsp3) is 0.462. The van der Waals surface area contributed by atoms with Gasteiger partial charge < -0.3 is 19.8 Å². The minimum atomic E-state index is -0.871. The number of aromatic nitrogens is 4. The molecule has 7 nitrogen and oxygen atoms in total. The lowest BCUT2D eigenvalue weighted by molar-refractivity contribution is -0.146. The maximum absolute atomic E-state index is 13.4. The fourth-order valence-electron chi connectivity index (χ4n) is 2.94. The Morgan fingerprint density at radius 1 is 1.29 bits per heavy atom. The van der Waals surface area contributed by atoms with Crippen molar-refractivity contribution in [2.24, 2.45) is 0 Å². The van der Waals surface area contributed by atoms with Gasteiger partial charge in [-0.15, -0.1) is 0 Å². The van der Waals surface area contributed by atoms with Gasteiger partial charge in [-0.05, 0) is 13.8 Å². The summed E-state index contributed by atoms with van der Waals surface area (Å²) in [5.74, 6) is -0.618. The predicted molar refractivity (Wildman–Crippen MR) is 71.7 cm³/mol. The van der Waals surface area contributed by atoms with E-state index in [1.807, 2.05) is 26.0 Å². The number of anilines is 1. The maximum atomic E-state index is 13.4. The van der Waals surface area contributed by atoms with Crippen LogP contribution in [0.4, 0.5) is 10.2 Å². The number of hydrogen-bond donors (Lipinski definition) is 1. The zero-order valence-electron chi connectivity index (χ0n) is 11.5. The van der Waals surface area contributed by atoms with Crippen molar-refractivity contribution in [1.29, 1.82) is 0 Å². The molecule has 0 unspecified atom stereocenters. The average Bonchev–Trinajstić information content (AvgIpc) is 3.00. The van der Waals surface area contributed by atoms with E-state index >= 15 is 0 Å². The first-order chi connectivity index (χ1) is 9.94. The first-order valence-corrected chi connectivity index (χ1v) is 6.64. The van der Waals surface area contributed by atoms with Crippen molar-refractivity contribution < 1.29 is 13.9 Å². The van der Waals surface area contributed by atoms with E-state index in [4.69, 9.17) is 15.2 Å². The molecule has 1 fully saturated rings. The van der Waals surface area contributed by atoms with Gasteiger partial charge in [0.25, 0.3) is 0 Å². The third kappa shape index (κ3) is 1.83. The lowest BCUT2D eigenvalue weighted by Crippen LogP contribution is -2.27. The van der Waals surface area contributed by atoms with E-state index in [-0.39, 0.29) is 24.1 Å². The lowest BCUT2D eigenvalue weighted by atomic mass is 10.2. The van der Waals surface area contributed by atoms with Crippen molar-refractivity contribution in [1.82, 2.24) is 19.5 Å². The van der Waals surface area contributed by atoms with Crippen LogP contribution in [0.3, 0.4) is 0 Å². The quantitative estimate of drug-likeness (QED) is 0.627. The van der Waals surface area contributed by atoms with Crippen LogP contribution >= 0.6 is 0 Å².